The van der Waals surface area contributed by atoms with Crippen LogP contribution >= 0.6 is 0 Å². The summed E-state index contributed by atoms with van der Waals surface area (Å²) in [6, 6.07) is 8.67. The Hall–Kier alpha value is -0.900. The van der Waals surface area contributed by atoms with E-state index in [0.29, 0.717) is 6.61 Å². The van der Waals surface area contributed by atoms with Gasteiger partial charge in [0, 0.05) is 6.61 Å². The van der Waals surface area contributed by atoms with Crippen LogP contribution in [0.4, 0.5) is 0 Å². The molecule has 1 aromatic rings. The number of nitrogens with one attached hydrogen (secondary N) is 1. The van der Waals surface area contributed by atoms with Crippen molar-refractivity contribution in [1.29, 1.82) is 0 Å². The van der Waals surface area contributed by atoms with Crippen LogP contribution in [-0.4, -0.2) is 12.2 Å². The third-order valence-corrected chi connectivity index (χ3v) is 4.04. The SMILES string of the molecule is CCOC(CC)(CC)C(NN)c1ccc(CC)cc1. The summed E-state index contributed by atoms with van der Waals surface area (Å²) in [5, 5.41) is 0. The van der Waals surface area contributed by atoms with Gasteiger partial charge in [-0.2, -0.15) is 0 Å². The highest BCUT2D eigenvalue weighted by atomic mass is 16.5. The predicted octanol–water partition coefficient (Wildman–Crippen LogP) is 3.35. The highest BCUT2D eigenvalue weighted by molar-refractivity contribution is 5.27. The topological polar surface area (TPSA) is 47.3 Å². The molecule has 1 aromatic carbocycles. The highest BCUT2D eigenvalue weighted by Crippen LogP contribution is 2.35. The van der Waals surface area contributed by atoms with E-state index in [1.165, 1.54) is 11.1 Å². The average Bonchev–Trinajstić information content (AvgIpc) is 2.47. The van der Waals surface area contributed by atoms with E-state index in [2.05, 4.69) is 50.5 Å². The minimum Gasteiger partial charge on any atom is -0.373 e. The van der Waals surface area contributed by atoms with E-state index in [1.807, 2.05) is 6.92 Å². The van der Waals surface area contributed by atoms with Gasteiger partial charge in [0.2, 0.25) is 0 Å². The van der Waals surface area contributed by atoms with Crippen molar-refractivity contribution >= 4 is 0 Å². The molecule has 0 fully saturated rings. The molecule has 0 radical (unpaired) electrons. The molecule has 108 valence electrons. The van der Waals surface area contributed by atoms with Gasteiger partial charge in [-0.3, -0.25) is 11.3 Å². The molecular formula is C16H28N2O. The van der Waals surface area contributed by atoms with Crippen molar-refractivity contribution in [2.24, 2.45) is 5.84 Å². The minimum absolute atomic E-state index is 0.0216. The first-order valence-electron chi connectivity index (χ1n) is 7.36. The van der Waals surface area contributed by atoms with Crippen LogP contribution in [0.15, 0.2) is 24.3 Å². The first-order chi connectivity index (χ1) is 9.17. The van der Waals surface area contributed by atoms with Crippen LogP contribution in [0.3, 0.4) is 0 Å². The molecule has 0 heterocycles. The van der Waals surface area contributed by atoms with Crippen molar-refractivity contribution in [2.75, 3.05) is 6.61 Å². The fourth-order valence-electron chi connectivity index (χ4n) is 2.73. The van der Waals surface area contributed by atoms with E-state index in [9.17, 15) is 0 Å². The number of hydrogen-bond donors (Lipinski definition) is 2. The van der Waals surface area contributed by atoms with Crippen molar-refractivity contribution in [3.05, 3.63) is 35.4 Å². The van der Waals surface area contributed by atoms with Crippen LogP contribution in [0.25, 0.3) is 0 Å². The van der Waals surface area contributed by atoms with Gasteiger partial charge in [0.1, 0.15) is 0 Å². The minimum atomic E-state index is -0.239. The van der Waals surface area contributed by atoms with E-state index in [-0.39, 0.29) is 11.6 Å². The Bertz CT molecular complexity index is 358. The Kier molecular flexibility index (Phi) is 6.49. The van der Waals surface area contributed by atoms with Crippen molar-refractivity contribution in [1.82, 2.24) is 5.43 Å². The van der Waals surface area contributed by atoms with Crippen molar-refractivity contribution in [2.45, 2.75) is 58.6 Å². The lowest BCUT2D eigenvalue weighted by molar-refractivity contribution is -0.0734. The normalized spacial score (nSPS) is 13.5. The fraction of sp³-hybridized carbons (Fsp3) is 0.625. The number of rotatable bonds is 8. The number of ether oxygens (including phenoxy) is 1. The summed E-state index contributed by atoms with van der Waals surface area (Å²) in [4.78, 5) is 0. The molecule has 0 bridgehead atoms. The number of aryl methyl sites for hydroxylation is 1. The second-order valence-corrected chi connectivity index (χ2v) is 4.90. The molecule has 0 amide bonds. The van der Waals surface area contributed by atoms with Gasteiger partial charge in [0.05, 0.1) is 11.6 Å². The zero-order chi connectivity index (χ0) is 14.3. The molecule has 3 heteroatoms. The van der Waals surface area contributed by atoms with Gasteiger partial charge in [0.25, 0.3) is 0 Å². The molecule has 0 aromatic heterocycles. The van der Waals surface area contributed by atoms with E-state index in [1.54, 1.807) is 0 Å². The lowest BCUT2D eigenvalue weighted by Gasteiger charge is -2.39. The van der Waals surface area contributed by atoms with Gasteiger partial charge < -0.3 is 4.74 Å². The second-order valence-electron chi connectivity index (χ2n) is 4.90. The number of hydrazine groups is 1. The molecule has 3 N–H and O–H groups in total. The van der Waals surface area contributed by atoms with Crippen LogP contribution in [0.1, 0.15) is 57.7 Å². The maximum absolute atomic E-state index is 6.05. The maximum atomic E-state index is 6.05. The van der Waals surface area contributed by atoms with E-state index < -0.39 is 0 Å². The predicted molar refractivity (Wildman–Crippen MR) is 80.8 cm³/mol. The molecule has 0 aliphatic heterocycles. The summed E-state index contributed by atoms with van der Waals surface area (Å²) in [6.07, 6.45) is 2.92. The summed E-state index contributed by atoms with van der Waals surface area (Å²) in [6.45, 7) is 9.21. The van der Waals surface area contributed by atoms with E-state index in [0.717, 1.165) is 19.3 Å². The van der Waals surface area contributed by atoms with Crippen molar-refractivity contribution in [3.8, 4) is 0 Å². The molecule has 1 rings (SSSR count). The molecule has 1 unspecified atom stereocenters. The first kappa shape index (κ1) is 16.2. The van der Waals surface area contributed by atoms with Crippen molar-refractivity contribution < 1.29 is 4.74 Å². The maximum Gasteiger partial charge on any atom is 0.0883 e. The second kappa shape index (κ2) is 7.63. The monoisotopic (exact) mass is 264 g/mol. The summed E-state index contributed by atoms with van der Waals surface area (Å²) >= 11 is 0. The molecule has 19 heavy (non-hydrogen) atoms. The van der Waals surface area contributed by atoms with Crippen LogP contribution in [0.5, 0.6) is 0 Å². The zero-order valence-electron chi connectivity index (χ0n) is 12.7. The Morgan fingerprint density at radius 2 is 1.68 bits per heavy atom. The summed E-state index contributed by atoms with van der Waals surface area (Å²) in [7, 11) is 0. The van der Waals surface area contributed by atoms with Gasteiger partial charge in [-0.25, -0.2) is 0 Å². The molecule has 0 spiro atoms. The Morgan fingerprint density at radius 1 is 1.11 bits per heavy atom. The van der Waals surface area contributed by atoms with Crippen LogP contribution < -0.4 is 11.3 Å². The summed E-state index contributed by atoms with van der Waals surface area (Å²) in [5.41, 5.74) is 5.25. The van der Waals surface area contributed by atoms with E-state index in [4.69, 9.17) is 10.6 Å². The van der Waals surface area contributed by atoms with Crippen LogP contribution in [0.2, 0.25) is 0 Å². The molecule has 3 nitrogen and oxygen atoms in total. The van der Waals surface area contributed by atoms with Gasteiger partial charge in [-0.1, -0.05) is 45.0 Å². The molecule has 0 aliphatic rings. The van der Waals surface area contributed by atoms with Crippen molar-refractivity contribution in [3.63, 3.8) is 0 Å². The average molecular weight is 264 g/mol. The molecule has 0 saturated carbocycles. The van der Waals surface area contributed by atoms with E-state index >= 15 is 0 Å². The summed E-state index contributed by atoms with van der Waals surface area (Å²) < 4.78 is 6.05. The third-order valence-electron chi connectivity index (χ3n) is 4.04. The van der Waals surface area contributed by atoms with Gasteiger partial charge in [-0.15, -0.1) is 0 Å². The lowest BCUT2D eigenvalue weighted by Crippen LogP contribution is -2.48. The standard InChI is InChI=1S/C16H28N2O/c1-5-13-9-11-14(12-10-13)15(18-17)16(6-2,7-3)19-8-4/h9-12,15,18H,5-8,17H2,1-4H3. The Balaban J connectivity index is 3.07. The third kappa shape index (κ3) is 3.56. The largest absolute Gasteiger partial charge is 0.373 e. The quantitative estimate of drug-likeness (QED) is 0.559. The van der Waals surface area contributed by atoms with Gasteiger partial charge in [-0.05, 0) is 37.3 Å². The first-order valence-corrected chi connectivity index (χ1v) is 7.36. The molecule has 0 aliphatic carbocycles. The Morgan fingerprint density at radius 3 is 2.05 bits per heavy atom. The Labute approximate surface area is 117 Å². The number of hydrogen-bond acceptors (Lipinski definition) is 3. The van der Waals surface area contributed by atoms with Crippen LogP contribution in [0, 0.1) is 0 Å². The fourth-order valence-corrected chi connectivity index (χ4v) is 2.73. The zero-order valence-corrected chi connectivity index (χ0v) is 12.7. The number of nitrogens with two attached hydrogens (primary N) is 1. The molecule has 1 atom stereocenters. The van der Waals surface area contributed by atoms with Gasteiger partial charge in [0.15, 0.2) is 0 Å². The smallest absolute Gasteiger partial charge is 0.0883 e. The summed E-state index contributed by atoms with van der Waals surface area (Å²) in [5.74, 6) is 5.81. The molecular weight excluding hydrogens is 236 g/mol. The lowest BCUT2D eigenvalue weighted by atomic mass is 9.84. The number of benzene rings is 1. The highest BCUT2D eigenvalue weighted by Gasteiger charge is 2.36. The molecule has 0 saturated heterocycles. The van der Waals surface area contributed by atoms with Crippen LogP contribution in [-0.2, 0) is 11.2 Å². The van der Waals surface area contributed by atoms with Gasteiger partial charge >= 0.3 is 0 Å².